The predicted molar refractivity (Wildman–Crippen MR) is 101 cm³/mol. The lowest BCUT2D eigenvalue weighted by Crippen LogP contribution is -2.15. The molecule has 0 bridgehead atoms. The van der Waals surface area contributed by atoms with Crippen LogP contribution in [0, 0.1) is 6.92 Å². The van der Waals surface area contributed by atoms with E-state index in [1.807, 2.05) is 55.5 Å². The Labute approximate surface area is 155 Å². The monoisotopic (exact) mass is 366 g/mol. The number of hydrogen-bond donors (Lipinski definition) is 0. The van der Waals surface area contributed by atoms with E-state index < -0.39 is 0 Å². The van der Waals surface area contributed by atoms with Crippen molar-refractivity contribution in [1.29, 1.82) is 0 Å². The minimum absolute atomic E-state index is 0.315. The van der Waals surface area contributed by atoms with Crippen LogP contribution >= 0.6 is 11.8 Å². The molecular weight excluding hydrogens is 348 g/mol. The van der Waals surface area contributed by atoms with Crippen molar-refractivity contribution in [3.05, 3.63) is 65.5 Å². The number of aromatic nitrogens is 3. The van der Waals surface area contributed by atoms with Crippen LogP contribution in [0.3, 0.4) is 0 Å². The molecule has 0 atom stereocenters. The standard InChI is InChI=1S/C19H18N4O2S/c1-13-3-7-16(8-4-13)25-11-18-20-21-19-23(18)22-17(12-26-19)14-5-9-15(24-2)10-6-14/h3-10H,11-12H2,1-2H3. The number of ether oxygens (including phenoxy) is 2. The Balaban J connectivity index is 1.55. The Kier molecular flexibility index (Phi) is 4.62. The van der Waals surface area contributed by atoms with Gasteiger partial charge in [0.2, 0.25) is 5.16 Å². The molecule has 0 N–H and O–H groups in total. The van der Waals surface area contributed by atoms with Crippen molar-refractivity contribution < 1.29 is 9.47 Å². The molecule has 0 radical (unpaired) electrons. The van der Waals surface area contributed by atoms with Crippen LogP contribution in [-0.2, 0) is 6.61 Å². The summed E-state index contributed by atoms with van der Waals surface area (Å²) in [6, 6.07) is 15.8. The molecule has 0 spiro atoms. The third-order valence-electron chi connectivity index (χ3n) is 4.05. The normalized spacial score (nSPS) is 13.1. The Morgan fingerprint density at radius 2 is 1.73 bits per heavy atom. The van der Waals surface area contributed by atoms with Gasteiger partial charge in [0.15, 0.2) is 5.82 Å². The minimum Gasteiger partial charge on any atom is -0.497 e. The fourth-order valence-electron chi connectivity index (χ4n) is 2.57. The van der Waals surface area contributed by atoms with Gasteiger partial charge in [-0.05, 0) is 48.9 Å². The van der Waals surface area contributed by atoms with E-state index >= 15 is 0 Å². The maximum atomic E-state index is 5.82. The van der Waals surface area contributed by atoms with Crippen LogP contribution in [-0.4, -0.2) is 33.4 Å². The molecule has 1 aromatic heterocycles. The van der Waals surface area contributed by atoms with Crippen LogP contribution in [0.4, 0.5) is 0 Å². The topological polar surface area (TPSA) is 61.5 Å². The molecule has 132 valence electrons. The molecule has 0 saturated heterocycles. The van der Waals surface area contributed by atoms with E-state index in [1.165, 1.54) is 5.56 Å². The third-order valence-corrected chi connectivity index (χ3v) is 4.98. The minimum atomic E-state index is 0.315. The van der Waals surface area contributed by atoms with Gasteiger partial charge >= 0.3 is 0 Å². The predicted octanol–water partition coefficient (Wildman–Crippen LogP) is 3.53. The number of methoxy groups -OCH3 is 1. The third kappa shape index (κ3) is 3.43. The molecular formula is C19H18N4O2S. The molecule has 0 aliphatic carbocycles. The lowest BCUT2D eigenvalue weighted by atomic mass is 10.1. The highest BCUT2D eigenvalue weighted by atomic mass is 32.2. The number of hydrogen-bond acceptors (Lipinski definition) is 6. The zero-order valence-corrected chi connectivity index (χ0v) is 15.4. The van der Waals surface area contributed by atoms with E-state index in [-0.39, 0.29) is 0 Å². The number of rotatable bonds is 5. The summed E-state index contributed by atoms with van der Waals surface area (Å²) in [5.41, 5.74) is 3.23. The van der Waals surface area contributed by atoms with E-state index in [4.69, 9.17) is 14.6 Å². The van der Waals surface area contributed by atoms with Crippen molar-refractivity contribution in [3.8, 4) is 11.5 Å². The zero-order chi connectivity index (χ0) is 17.9. The lowest BCUT2D eigenvalue weighted by molar-refractivity contribution is 0.290. The highest BCUT2D eigenvalue weighted by Gasteiger charge is 2.20. The summed E-state index contributed by atoms with van der Waals surface area (Å²) in [6.45, 7) is 2.36. The molecule has 1 aliphatic heterocycles. The summed E-state index contributed by atoms with van der Waals surface area (Å²) in [5.74, 6) is 3.06. The fourth-order valence-corrected chi connectivity index (χ4v) is 3.42. The van der Waals surface area contributed by atoms with Crippen molar-refractivity contribution in [2.45, 2.75) is 18.7 Å². The molecule has 6 nitrogen and oxygen atoms in total. The van der Waals surface area contributed by atoms with Gasteiger partial charge in [0.1, 0.15) is 18.1 Å². The highest BCUT2D eigenvalue weighted by molar-refractivity contribution is 7.99. The Morgan fingerprint density at radius 1 is 1.00 bits per heavy atom. The van der Waals surface area contributed by atoms with Crippen LogP contribution in [0.2, 0.25) is 0 Å². The van der Waals surface area contributed by atoms with E-state index in [2.05, 4.69) is 10.2 Å². The molecule has 0 saturated carbocycles. The second-order valence-electron chi connectivity index (χ2n) is 5.88. The van der Waals surface area contributed by atoms with Crippen molar-refractivity contribution in [2.24, 2.45) is 5.10 Å². The smallest absolute Gasteiger partial charge is 0.212 e. The van der Waals surface area contributed by atoms with E-state index in [9.17, 15) is 0 Å². The van der Waals surface area contributed by atoms with Gasteiger partial charge in [0, 0.05) is 5.75 Å². The lowest BCUT2D eigenvalue weighted by Gasteiger charge is -2.14. The molecule has 1 aliphatic rings. The van der Waals surface area contributed by atoms with Gasteiger partial charge in [-0.25, -0.2) is 0 Å². The molecule has 0 fully saturated rings. The number of nitrogens with zero attached hydrogens (tertiary/aromatic N) is 4. The first kappa shape index (κ1) is 16.7. The zero-order valence-electron chi connectivity index (χ0n) is 14.5. The number of fused-ring (bicyclic) bond motifs is 1. The maximum Gasteiger partial charge on any atom is 0.212 e. The van der Waals surface area contributed by atoms with Crippen LogP contribution in [0.5, 0.6) is 11.5 Å². The summed E-state index contributed by atoms with van der Waals surface area (Å²) in [6.07, 6.45) is 0. The fraction of sp³-hybridized carbons (Fsp3) is 0.211. The summed E-state index contributed by atoms with van der Waals surface area (Å²) in [5, 5.41) is 13.9. The van der Waals surface area contributed by atoms with Crippen LogP contribution in [0.25, 0.3) is 0 Å². The second kappa shape index (κ2) is 7.21. The van der Waals surface area contributed by atoms with E-state index in [0.29, 0.717) is 12.4 Å². The van der Waals surface area contributed by atoms with Crippen LogP contribution < -0.4 is 9.47 Å². The molecule has 2 aromatic carbocycles. The van der Waals surface area contributed by atoms with Gasteiger partial charge in [-0.1, -0.05) is 29.5 Å². The molecule has 26 heavy (non-hydrogen) atoms. The number of aryl methyl sites for hydroxylation is 1. The van der Waals surface area contributed by atoms with Crippen molar-refractivity contribution in [2.75, 3.05) is 12.9 Å². The average Bonchev–Trinajstić information content (AvgIpc) is 3.10. The van der Waals surface area contributed by atoms with Gasteiger partial charge in [0.05, 0.1) is 12.8 Å². The van der Waals surface area contributed by atoms with Crippen LogP contribution in [0.1, 0.15) is 17.0 Å². The van der Waals surface area contributed by atoms with Gasteiger partial charge in [-0.2, -0.15) is 9.78 Å². The van der Waals surface area contributed by atoms with Gasteiger partial charge in [0.25, 0.3) is 0 Å². The first-order chi connectivity index (χ1) is 12.7. The SMILES string of the molecule is COc1ccc(C2=Nn3c(COc4ccc(C)cc4)nnc3SC2)cc1. The summed E-state index contributed by atoms with van der Waals surface area (Å²) < 4.78 is 12.8. The first-order valence-electron chi connectivity index (χ1n) is 8.22. The maximum absolute atomic E-state index is 5.82. The summed E-state index contributed by atoms with van der Waals surface area (Å²) in [7, 11) is 1.66. The molecule has 4 rings (SSSR count). The summed E-state index contributed by atoms with van der Waals surface area (Å²) in [4.78, 5) is 0. The van der Waals surface area contributed by atoms with Gasteiger partial charge < -0.3 is 9.47 Å². The quantitative estimate of drug-likeness (QED) is 0.691. The first-order valence-corrected chi connectivity index (χ1v) is 9.20. The molecule has 2 heterocycles. The van der Waals surface area contributed by atoms with Gasteiger partial charge in [-0.15, -0.1) is 10.2 Å². The molecule has 0 unspecified atom stereocenters. The van der Waals surface area contributed by atoms with E-state index in [0.717, 1.165) is 33.7 Å². The summed E-state index contributed by atoms with van der Waals surface area (Å²) >= 11 is 1.62. The largest absolute Gasteiger partial charge is 0.497 e. The second-order valence-corrected chi connectivity index (χ2v) is 6.82. The van der Waals surface area contributed by atoms with Crippen LogP contribution in [0.15, 0.2) is 58.8 Å². The van der Waals surface area contributed by atoms with E-state index in [1.54, 1.807) is 23.5 Å². The molecule has 0 amide bonds. The Bertz CT molecular complexity index is 933. The van der Waals surface area contributed by atoms with Gasteiger partial charge in [-0.3, -0.25) is 0 Å². The Hall–Kier alpha value is -2.80. The number of benzene rings is 2. The highest BCUT2D eigenvalue weighted by Crippen LogP contribution is 2.25. The molecule has 3 aromatic rings. The number of thioether (sulfide) groups is 1. The molecule has 7 heteroatoms. The van der Waals surface area contributed by atoms with Crippen molar-refractivity contribution in [3.63, 3.8) is 0 Å². The Morgan fingerprint density at radius 3 is 2.46 bits per heavy atom. The average molecular weight is 366 g/mol. The van der Waals surface area contributed by atoms with Crippen molar-refractivity contribution >= 4 is 17.5 Å². The van der Waals surface area contributed by atoms with Crippen molar-refractivity contribution in [1.82, 2.24) is 14.9 Å².